The first-order valence-electron chi connectivity index (χ1n) is 6.69. The van der Waals surface area contributed by atoms with Crippen molar-refractivity contribution in [2.45, 2.75) is 38.6 Å². The Kier molecular flexibility index (Phi) is 2.86. The molecule has 96 valence electrons. The number of carbonyl (C=O) groups is 1. The van der Waals surface area contributed by atoms with Gasteiger partial charge in [0.05, 0.1) is 19.3 Å². The Bertz CT molecular complexity index is 477. The molecule has 18 heavy (non-hydrogen) atoms. The number of hydrogen-bond acceptors (Lipinski definition) is 2. The zero-order valence-electron chi connectivity index (χ0n) is 11.0. The highest BCUT2D eigenvalue weighted by atomic mass is 16.5. The van der Waals surface area contributed by atoms with Crippen molar-refractivity contribution < 1.29 is 9.53 Å². The Morgan fingerprint density at radius 3 is 2.67 bits per heavy atom. The molecule has 0 aliphatic carbocycles. The molecule has 3 nitrogen and oxygen atoms in total. The van der Waals surface area contributed by atoms with Crippen molar-refractivity contribution in [3.63, 3.8) is 0 Å². The van der Waals surface area contributed by atoms with Gasteiger partial charge in [0.25, 0.3) is 0 Å². The van der Waals surface area contributed by atoms with E-state index < -0.39 is 0 Å². The quantitative estimate of drug-likeness (QED) is 0.801. The van der Waals surface area contributed by atoms with Crippen LogP contribution in [0.5, 0.6) is 0 Å². The van der Waals surface area contributed by atoms with Gasteiger partial charge in [-0.1, -0.05) is 26.0 Å². The molecule has 1 saturated heterocycles. The standard InChI is InChI=1S/C15H19NO2/c1-10(2)12-4-3-11-5-6-15(17)16(14(11)7-12)13-8-18-9-13/h3-4,7,10,13H,5-6,8-9H2,1-2H3. The highest BCUT2D eigenvalue weighted by Crippen LogP contribution is 2.33. The van der Waals surface area contributed by atoms with Crippen molar-refractivity contribution in [2.24, 2.45) is 0 Å². The van der Waals surface area contributed by atoms with Crippen LogP contribution in [0.15, 0.2) is 18.2 Å². The zero-order valence-corrected chi connectivity index (χ0v) is 11.0. The maximum absolute atomic E-state index is 12.1. The normalized spacial score (nSPS) is 19.9. The van der Waals surface area contributed by atoms with E-state index in [-0.39, 0.29) is 11.9 Å². The van der Waals surface area contributed by atoms with E-state index in [4.69, 9.17) is 4.74 Å². The third-order valence-electron chi connectivity index (χ3n) is 3.90. The predicted molar refractivity (Wildman–Crippen MR) is 70.9 cm³/mol. The molecular weight excluding hydrogens is 226 g/mol. The van der Waals surface area contributed by atoms with Crippen molar-refractivity contribution in [3.8, 4) is 0 Å². The molecule has 0 bridgehead atoms. The van der Waals surface area contributed by atoms with Crippen molar-refractivity contribution >= 4 is 11.6 Å². The minimum Gasteiger partial charge on any atom is -0.377 e. The van der Waals surface area contributed by atoms with Gasteiger partial charge in [-0.05, 0) is 29.5 Å². The molecule has 1 aromatic carbocycles. The lowest BCUT2D eigenvalue weighted by atomic mass is 9.94. The molecule has 1 fully saturated rings. The van der Waals surface area contributed by atoms with Gasteiger partial charge < -0.3 is 9.64 Å². The first-order chi connectivity index (χ1) is 8.66. The first-order valence-corrected chi connectivity index (χ1v) is 6.69. The molecule has 1 aromatic rings. The molecule has 2 heterocycles. The molecule has 3 heteroatoms. The highest BCUT2D eigenvalue weighted by Gasteiger charge is 2.34. The van der Waals surface area contributed by atoms with Crippen LogP contribution in [-0.4, -0.2) is 25.2 Å². The minimum atomic E-state index is 0.247. The molecule has 3 rings (SSSR count). The maximum Gasteiger partial charge on any atom is 0.227 e. The fourth-order valence-electron chi connectivity index (χ4n) is 2.64. The summed E-state index contributed by atoms with van der Waals surface area (Å²) in [5, 5.41) is 0. The number of rotatable bonds is 2. The van der Waals surface area contributed by atoms with Gasteiger partial charge in [0.2, 0.25) is 5.91 Å². The smallest absolute Gasteiger partial charge is 0.227 e. The lowest BCUT2D eigenvalue weighted by Gasteiger charge is -2.40. The Morgan fingerprint density at radius 1 is 1.28 bits per heavy atom. The Balaban J connectivity index is 2.02. The summed E-state index contributed by atoms with van der Waals surface area (Å²) in [6.07, 6.45) is 1.50. The van der Waals surface area contributed by atoms with Gasteiger partial charge in [0.1, 0.15) is 0 Å². The second kappa shape index (κ2) is 4.39. The lowest BCUT2D eigenvalue weighted by molar-refractivity contribution is -0.121. The summed E-state index contributed by atoms with van der Waals surface area (Å²) in [5.74, 6) is 0.739. The molecule has 2 aliphatic heterocycles. The second-order valence-electron chi connectivity index (χ2n) is 5.50. The highest BCUT2D eigenvalue weighted by molar-refractivity contribution is 5.97. The van der Waals surface area contributed by atoms with Gasteiger partial charge in [-0.15, -0.1) is 0 Å². The van der Waals surface area contributed by atoms with Crippen molar-refractivity contribution in [1.82, 2.24) is 0 Å². The van der Waals surface area contributed by atoms with Crippen molar-refractivity contribution in [2.75, 3.05) is 18.1 Å². The monoisotopic (exact) mass is 245 g/mol. The number of amides is 1. The van der Waals surface area contributed by atoms with Gasteiger partial charge in [-0.3, -0.25) is 4.79 Å². The summed E-state index contributed by atoms with van der Waals surface area (Å²) in [5.41, 5.74) is 3.71. The van der Waals surface area contributed by atoms with E-state index in [2.05, 4.69) is 32.0 Å². The van der Waals surface area contributed by atoms with Crippen LogP contribution in [0, 0.1) is 0 Å². The summed E-state index contributed by atoms with van der Waals surface area (Å²) in [7, 11) is 0. The number of anilines is 1. The van der Waals surface area contributed by atoms with Crippen LogP contribution in [-0.2, 0) is 16.0 Å². The van der Waals surface area contributed by atoms with E-state index in [0.717, 1.165) is 12.1 Å². The SMILES string of the molecule is CC(C)c1ccc2c(c1)N(C1COC1)C(=O)CC2. The number of hydrogen-bond donors (Lipinski definition) is 0. The lowest BCUT2D eigenvalue weighted by Crippen LogP contribution is -2.53. The van der Waals surface area contributed by atoms with Crippen LogP contribution < -0.4 is 4.90 Å². The Hall–Kier alpha value is -1.35. The molecule has 0 unspecified atom stereocenters. The predicted octanol–water partition coefficient (Wildman–Crippen LogP) is 2.49. The van der Waals surface area contributed by atoms with Gasteiger partial charge in [0.15, 0.2) is 0 Å². The second-order valence-corrected chi connectivity index (χ2v) is 5.50. The van der Waals surface area contributed by atoms with E-state index in [0.29, 0.717) is 25.6 Å². The maximum atomic E-state index is 12.1. The minimum absolute atomic E-state index is 0.247. The van der Waals surface area contributed by atoms with Crippen molar-refractivity contribution in [1.29, 1.82) is 0 Å². The topological polar surface area (TPSA) is 29.5 Å². The molecule has 0 spiro atoms. The molecule has 0 N–H and O–H groups in total. The van der Waals surface area contributed by atoms with Crippen molar-refractivity contribution in [3.05, 3.63) is 29.3 Å². The summed E-state index contributed by atoms with van der Waals surface area (Å²) >= 11 is 0. The van der Waals surface area contributed by atoms with Crippen LogP contribution >= 0.6 is 0 Å². The average Bonchev–Trinajstić information content (AvgIpc) is 2.29. The van der Waals surface area contributed by atoms with Gasteiger partial charge in [-0.2, -0.15) is 0 Å². The van der Waals surface area contributed by atoms with Crippen LogP contribution in [0.4, 0.5) is 5.69 Å². The molecular formula is C15H19NO2. The summed E-state index contributed by atoms with van der Waals surface area (Å²) in [6.45, 7) is 5.72. The number of carbonyl (C=O) groups excluding carboxylic acids is 1. The van der Waals surface area contributed by atoms with E-state index in [1.807, 2.05) is 4.90 Å². The average molecular weight is 245 g/mol. The molecule has 0 atom stereocenters. The third kappa shape index (κ3) is 1.83. The number of aryl methyl sites for hydroxylation is 1. The number of benzene rings is 1. The van der Waals surface area contributed by atoms with Crippen LogP contribution in [0.2, 0.25) is 0 Å². The molecule has 2 aliphatic rings. The van der Waals surface area contributed by atoms with E-state index in [9.17, 15) is 4.79 Å². The van der Waals surface area contributed by atoms with Gasteiger partial charge in [-0.25, -0.2) is 0 Å². The zero-order chi connectivity index (χ0) is 12.7. The molecule has 0 aromatic heterocycles. The van der Waals surface area contributed by atoms with E-state index in [1.54, 1.807) is 0 Å². The summed E-state index contributed by atoms with van der Waals surface area (Å²) < 4.78 is 5.24. The molecule has 0 radical (unpaired) electrons. The summed E-state index contributed by atoms with van der Waals surface area (Å²) in [6, 6.07) is 6.81. The fraction of sp³-hybridized carbons (Fsp3) is 0.533. The number of nitrogens with zero attached hydrogens (tertiary/aromatic N) is 1. The molecule has 0 saturated carbocycles. The number of ether oxygens (including phenoxy) is 1. The van der Waals surface area contributed by atoms with E-state index >= 15 is 0 Å². The fourth-order valence-corrected chi connectivity index (χ4v) is 2.64. The molecule has 1 amide bonds. The van der Waals surface area contributed by atoms with Gasteiger partial charge in [0, 0.05) is 12.1 Å². The van der Waals surface area contributed by atoms with Gasteiger partial charge >= 0.3 is 0 Å². The van der Waals surface area contributed by atoms with Crippen LogP contribution in [0.25, 0.3) is 0 Å². The summed E-state index contributed by atoms with van der Waals surface area (Å²) in [4.78, 5) is 14.1. The Morgan fingerprint density at radius 2 is 2.06 bits per heavy atom. The third-order valence-corrected chi connectivity index (χ3v) is 3.90. The largest absolute Gasteiger partial charge is 0.377 e. The van der Waals surface area contributed by atoms with Crippen LogP contribution in [0.1, 0.15) is 37.3 Å². The number of fused-ring (bicyclic) bond motifs is 1. The Labute approximate surface area is 108 Å². The van der Waals surface area contributed by atoms with E-state index in [1.165, 1.54) is 11.1 Å². The van der Waals surface area contributed by atoms with Crippen LogP contribution in [0.3, 0.4) is 0 Å². The first kappa shape index (κ1) is 11.7.